The zero-order valence-corrected chi connectivity index (χ0v) is 15.2. The Morgan fingerprint density at radius 2 is 1.80 bits per heavy atom. The number of nitrogens with zero attached hydrogens (tertiary/aromatic N) is 4. The normalized spacial score (nSPS) is 20.2. The van der Waals surface area contributed by atoms with Crippen LogP contribution in [0.4, 0.5) is 11.4 Å². The summed E-state index contributed by atoms with van der Waals surface area (Å²) in [5.74, 6) is 2.50. The number of rotatable bonds is 4. The van der Waals surface area contributed by atoms with Crippen molar-refractivity contribution in [3.63, 3.8) is 0 Å². The maximum absolute atomic E-state index is 4.84. The van der Waals surface area contributed by atoms with E-state index in [1.165, 1.54) is 60.4 Å². The molecule has 4 nitrogen and oxygen atoms in total. The number of imidazole rings is 1. The van der Waals surface area contributed by atoms with Crippen molar-refractivity contribution in [2.75, 3.05) is 23.9 Å². The molecular formula is C21H26N4. The predicted octanol–water partition coefficient (Wildman–Crippen LogP) is 4.43. The molecule has 25 heavy (non-hydrogen) atoms. The van der Waals surface area contributed by atoms with E-state index in [1.807, 2.05) is 0 Å². The second-order valence-electron chi connectivity index (χ2n) is 7.90. The van der Waals surface area contributed by atoms with E-state index < -0.39 is 0 Å². The van der Waals surface area contributed by atoms with Gasteiger partial charge in [0.2, 0.25) is 0 Å². The molecule has 1 aromatic heterocycles. The largest absolute Gasteiger partial charge is 0.330 e. The summed E-state index contributed by atoms with van der Waals surface area (Å²) in [6, 6.07) is 6.78. The van der Waals surface area contributed by atoms with Gasteiger partial charge >= 0.3 is 0 Å². The number of hydrogen-bond acceptors (Lipinski definition) is 3. The van der Waals surface area contributed by atoms with Crippen LogP contribution in [-0.2, 0) is 6.54 Å². The Morgan fingerprint density at radius 3 is 2.48 bits per heavy atom. The zero-order valence-electron chi connectivity index (χ0n) is 15.2. The second-order valence-corrected chi connectivity index (χ2v) is 7.90. The summed E-state index contributed by atoms with van der Waals surface area (Å²) in [5, 5.41) is 0. The molecule has 0 unspecified atom stereocenters. The quantitative estimate of drug-likeness (QED) is 0.826. The van der Waals surface area contributed by atoms with Gasteiger partial charge in [-0.1, -0.05) is 19.1 Å². The Morgan fingerprint density at radius 1 is 1.04 bits per heavy atom. The molecule has 2 saturated carbocycles. The molecule has 1 aromatic carbocycles. The average molecular weight is 334 g/mol. The van der Waals surface area contributed by atoms with Crippen LogP contribution >= 0.6 is 0 Å². The van der Waals surface area contributed by atoms with E-state index in [1.54, 1.807) is 0 Å². The fourth-order valence-electron chi connectivity index (χ4n) is 4.25. The van der Waals surface area contributed by atoms with Crippen LogP contribution in [0.2, 0.25) is 0 Å². The molecule has 4 heteroatoms. The van der Waals surface area contributed by atoms with Gasteiger partial charge in [0.25, 0.3) is 0 Å². The summed E-state index contributed by atoms with van der Waals surface area (Å²) in [6.45, 7) is 5.08. The van der Waals surface area contributed by atoms with Crippen LogP contribution in [0.5, 0.6) is 0 Å². The number of hydrogen-bond donors (Lipinski definition) is 0. The monoisotopic (exact) mass is 334 g/mol. The molecule has 0 spiro atoms. The lowest BCUT2D eigenvalue weighted by molar-refractivity contribution is 0.409. The minimum Gasteiger partial charge on any atom is -0.330 e. The van der Waals surface area contributed by atoms with Crippen molar-refractivity contribution >= 4 is 11.4 Å². The summed E-state index contributed by atoms with van der Waals surface area (Å²) in [4.78, 5) is 9.17. The van der Waals surface area contributed by atoms with Crippen LogP contribution in [0.15, 0.2) is 36.9 Å². The van der Waals surface area contributed by atoms with Gasteiger partial charge in [-0.2, -0.15) is 0 Å². The van der Waals surface area contributed by atoms with Gasteiger partial charge in [0.15, 0.2) is 0 Å². The maximum Gasteiger partial charge on any atom is 0.105 e. The summed E-state index contributed by atoms with van der Waals surface area (Å²) >= 11 is 0. The van der Waals surface area contributed by atoms with Crippen molar-refractivity contribution in [3.8, 4) is 0 Å². The van der Waals surface area contributed by atoms with Gasteiger partial charge in [0.1, 0.15) is 5.82 Å². The van der Waals surface area contributed by atoms with Gasteiger partial charge in [0, 0.05) is 38.2 Å². The molecule has 2 aromatic rings. The van der Waals surface area contributed by atoms with E-state index in [9.17, 15) is 0 Å². The minimum absolute atomic E-state index is 0.722. The first-order valence-electron chi connectivity index (χ1n) is 9.47. The van der Waals surface area contributed by atoms with Gasteiger partial charge < -0.3 is 14.4 Å². The highest BCUT2D eigenvalue weighted by molar-refractivity contribution is 5.82. The summed E-state index contributed by atoms with van der Waals surface area (Å²) in [6.07, 6.45) is 8.79. The van der Waals surface area contributed by atoms with Crippen molar-refractivity contribution in [1.82, 2.24) is 9.55 Å². The average Bonchev–Trinajstić information content (AvgIpc) is 3.29. The van der Waals surface area contributed by atoms with E-state index in [0.717, 1.165) is 24.2 Å². The van der Waals surface area contributed by atoms with Crippen molar-refractivity contribution < 1.29 is 0 Å². The summed E-state index contributed by atoms with van der Waals surface area (Å²) in [5.41, 5.74) is 6.75. The van der Waals surface area contributed by atoms with E-state index in [4.69, 9.17) is 4.98 Å². The van der Waals surface area contributed by atoms with Gasteiger partial charge in [-0.15, -0.1) is 0 Å². The minimum atomic E-state index is 0.722. The van der Waals surface area contributed by atoms with E-state index in [2.05, 4.69) is 59.6 Å². The lowest BCUT2D eigenvalue weighted by atomic mass is 9.81. The third-order valence-corrected chi connectivity index (χ3v) is 6.25. The number of anilines is 2. The van der Waals surface area contributed by atoms with Crippen LogP contribution in [0, 0.1) is 0 Å². The van der Waals surface area contributed by atoms with Gasteiger partial charge in [-0.25, -0.2) is 4.98 Å². The standard InChI is InChI=1S/C21H26N4/c1-14-23(2)18-10-7-15(11-19(18)24(14)3)12-25-13-22-20(16-5-4-6-16)21(25)17-8-9-17/h7,10-11,13,16-17H,1,4-6,8-9,12H2,2-3H3. The molecular weight excluding hydrogens is 308 g/mol. The summed E-state index contributed by atoms with van der Waals surface area (Å²) in [7, 11) is 4.17. The van der Waals surface area contributed by atoms with E-state index in [0.29, 0.717) is 0 Å². The van der Waals surface area contributed by atoms with Crippen molar-refractivity contribution in [3.05, 3.63) is 53.9 Å². The Balaban J connectivity index is 1.47. The SMILES string of the molecule is C=C1N(C)c2ccc(Cn3cnc(C4CCC4)c3C3CC3)cc2N1C. The molecule has 0 N–H and O–H groups in total. The van der Waals surface area contributed by atoms with Gasteiger partial charge in [-0.3, -0.25) is 0 Å². The summed E-state index contributed by atoms with van der Waals surface area (Å²) < 4.78 is 2.42. The molecule has 2 aliphatic carbocycles. The third kappa shape index (κ3) is 2.30. The van der Waals surface area contributed by atoms with Gasteiger partial charge in [-0.05, 0) is 43.4 Å². The van der Waals surface area contributed by atoms with E-state index in [-0.39, 0.29) is 0 Å². The molecule has 3 aliphatic rings. The van der Waals surface area contributed by atoms with Crippen LogP contribution in [0.25, 0.3) is 0 Å². The van der Waals surface area contributed by atoms with Gasteiger partial charge in [0.05, 0.1) is 23.4 Å². The van der Waals surface area contributed by atoms with Crippen LogP contribution in [0.3, 0.4) is 0 Å². The highest BCUT2D eigenvalue weighted by atomic mass is 15.4. The molecule has 130 valence electrons. The fraction of sp³-hybridized carbons (Fsp3) is 0.476. The van der Waals surface area contributed by atoms with Crippen LogP contribution in [0.1, 0.15) is 60.9 Å². The third-order valence-electron chi connectivity index (χ3n) is 6.25. The maximum atomic E-state index is 4.84. The van der Waals surface area contributed by atoms with Crippen molar-refractivity contribution in [1.29, 1.82) is 0 Å². The molecule has 0 radical (unpaired) electrons. The molecule has 2 heterocycles. The van der Waals surface area contributed by atoms with Crippen molar-refractivity contribution in [2.24, 2.45) is 0 Å². The number of fused-ring (bicyclic) bond motifs is 1. The Kier molecular flexibility index (Phi) is 3.24. The van der Waals surface area contributed by atoms with E-state index >= 15 is 0 Å². The Hall–Kier alpha value is -2.23. The molecule has 5 rings (SSSR count). The fourth-order valence-corrected chi connectivity index (χ4v) is 4.25. The predicted molar refractivity (Wildman–Crippen MR) is 102 cm³/mol. The highest BCUT2D eigenvalue weighted by Gasteiger charge is 2.34. The lowest BCUT2D eigenvalue weighted by Crippen LogP contribution is -2.20. The molecule has 0 atom stereocenters. The highest BCUT2D eigenvalue weighted by Crippen LogP contribution is 2.47. The Labute approximate surface area is 149 Å². The first-order valence-corrected chi connectivity index (χ1v) is 9.47. The molecule has 0 bridgehead atoms. The smallest absolute Gasteiger partial charge is 0.105 e. The lowest BCUT2D eigenvalue weighted by Gasteiger charge is -2.25. The first-order chi connectivity index (χ1) is 12.1. The second kappa shape index (κ2) is 5.38. The topological polar surface area (TPSA) is 24.3 Å². The van der Waals surface area contributed by atoms with Crippen molar-refractivity contribution in [2.45, 2.75) is 50.5 Å². The van der Waals surface area contributed by atoms with Crippen LogP contribution < -0.4 is 9.80 Å². The molecule has 0 saturated heterocycles. The number of aromatic nitrogens is 2. The Bertz CT molecular complexity index is 842. The zero-order chi connectivity index (χ0) is 17.1. The molecule has 2 fully saturated rings. The number of benzene rings is 1. The first kappa shape index (κ1) is 15.1. The molecule has 1 aliphatic heterocycles. The molecule has 0 amide bonds. The van der Waals surface area contributed by atoms with Crippen LogP contribution in [-0.4, -0.2) is 23.6 Å².